The summed E-state index contributed by atoms with van der Waals surface area (Å²) in [6.45, 7) is 1.33. The lowest BCUT2D eigenvalue weighted by atomic mass is 10.1. The number of aliphatic hydroxyl groups is 1. The Morgan fingerprint density at radius 3 is 2.61 bits per heavy atom. The van der Waals surface area contributed by atoms with Gasteiger partial charge in [0.05, 0.1) is 10.5 Å². The van der Waals surface area contributed by atoms with E-state index in [1.165, 1.54) is 24.3 Å². The van der Waals surface area contributed by atoms with E-state index in [1.807, 2.05) is 4.90 Å². The maximum atomic E-state index is 15.4. The van der Waals surface area contributed by atoms with Gasteiger partial charge < -0.3 is 20.3 Å². The molecule has 2 aliphatic heterocycles. The molecule has 3 N–H and O–H groups in total. The summed E-state index contributed by atoms with van der Waals surface area (Å²) in [5.41, 5.74) is -0.594. The summed E-state index contributed by atoms with van der Waals surface area (Å²) in [6, 6.07) is 10.2. The van der Waals surface area contributed by atoms with Crippen molar-refractivity contribution in [2.24, 2.45) is 0 Å². The summed E-state index contributed by atoms with van der Waals surface area (Å²) in [4.78, 5) is 20.8. The van der Waals surface area contributed by atoms with E-state index in [2.05, 4.69) is 15.3 Å². The van der Waals surface area contributed by atoms with Crippen LogP contribution in [0.2, 0.25) is 5.02 Å². The number of fused-ring (bicyclic) bond motifs is 3. The number of hydrogen-bond donors (Lipinski definition) is 3. The summed E-state index contributed by atoms with van der Waals surface area (Å²) in [6.07, 6.45) is 4.30. The normalized spacial score (nSPS) is 21.1. The Balaban J connectivity index is 1.55. The molecule has 6 nitrogen and oxygen atoms in total. The number of H-pyrrole nitrogens is 1. The van der Waals surface area contributed by atoms with Gasteiger partial charge in [-0.1, -0.05) is 41.9 Å². The van der Waals surface area contributed by atoms with E-state index in [4.69, 9.17) is 11.6 Å². The number of aliphatic hydroxyl groups excluding tert-OH is 1. The molecule has 0 aliphatic carbocycles. The fourth-order valence-electron chi connectivity index (χ4n) is 4.56. The molecular weight excluding hydrogens is 450 g/mol. The van der Waals surface area contributed by atoms with E-state index in [1.54, 1.807) is 18.2 Å². The number of hydrogen-bond acceptors (Lipinski definition) is 5. The fraction of sp³-hybridized carbons (Fsp3) is 0.250. The summed E-state index contributed by atoms with van der Waals surface area (Å²) in [5, 5.41) is 14.1. The lowest BCUT2D eigenvalue weighted by Crippen LogP contribution is -2.51. The lowest BCUT2D eigenvalue weighted by Gasteiger charge is -2.34. The Morgan fingerprint density at radius 2 is 1.91 bits per heavy atom. The molecule has 0 spiro atoms. The van der Waals surface area contributed by atoms with Gasteiger partial charge in [0.15, 0.2) is 17.4 Å². The van der Waals surface area contributed by atoms with Crippen LogP contribution in [0, 0.1) is 5.82 Å². The van der Waals surface area contributed by atoms with Gasteiger partial charge in [-0.2, -0.15) is 4.98 Å². The molecule has 2 bridgehead atoms. The highest BCUT2D eigenvalue weighted by atomic mass is 35.5. The van der Waals surface area contributed by atoms with Crippen LogP contribution in [0.15, 0.2) is 53.0 Å². The van der Waals surface area contributed by atoms with Crippen molar-refractivity contribution in [1.82, 2.24) is 15.3 Å². The molecule has 3 aromatic rings. The smallest absolute Gasteiger partial charge is 0.347 e. The first-order chi connectivity index (χ1) is 15.9. The van der Waals surface area contributed by atoms with Gasteiger partial charge in [-0.25, -0.2) is 13.6 Å². The maximum Gasteiger partial charge on any atom is 0.347 e. The van der Waals surface area contributed by atoms with Crippen LogP contribution in [0.25, 0.3) is 22.8 Å². The van der Waals surface area contributed by atoms with Gasteiger partial charge in [0, 0.05) is 41.7 Å². The van der Waals surface area contributed by atoms with Crippen molar-refractivity contribution in [3.05, 3.63) is 80.7 Å². The van der Waals surface area contributed by atoms with E-state index in [-0.39, 0.29) is 21.7 Å². The number of anilines is 1. The zero-order valence-corrected chi connectivity index (χ0v) is 18.2. The zero-order valence-electron chi connectivity index (χ0n) is 17.5. The van der Waals surface area contributed by atoms with E-state index < -0.39 is 23.1 Å². The van der Waals surface area contributed by atoms with Crippen molar-refractivity contribution < 1.29 is 13.9 Å². The number of nitrogens with one attached hydrogen (secondary N) is 2. The van der Waals surface area contributed by atoms with Gasteiger partial charge in [0.2, 0.25) is 0 Å². The Labute approximate surface area is 193 Å². The van der Waals surface area contributed by atoms with Crippen LogP contribution in [0.1, 0.15) is 24.0 Å². The molecule has 170 valence electrons. The molecule has 3 heterocycles. The number of aromatic amines is 1. The summed E-state index contributed by atoms with van der Waals surface area (Å²) < 4.78 is 29.9. The largest absolute Gasteiger partial charge is 0.505 e. The number of benzene rings is 2. The predicted molar refractivity (Wildman–Crippen MR) is 126 cm³/mol. The molecule has 0 amide bonds. The van der Waals surface area contributed by atoms with E-state index >= 15 is 4.39 Å². The highest BCUT2D eigenvalue weighted by molar-refractivity contribution is 6.33. The minimum absolute atomic E-state index is 0.0352. The van der Waals surface area contributed by atoms with E-state index in [9.17, 15) is 14.3 Å². The Kier molecular flexibility index (Phi) is 5.64. The molecule has 0 saturated carbocycles. The van der Waals surface area contributed by atoms with Crippen LogP contribution in [0.3, 0.4) is 0 Å². The molecule has 9 heteroatoms. The SMILES string of the molecule is O=c1nc(N2CC3CCC(C2)N3)c2cc(Cl)c(/C=C/C(O)=C(/F)c3ccccc3)c(F)c2[nH]1. The second-order valence-corrected chi connectivity index (χ2v) is 8.72. The molecule has 33 heavy (non-hydrogen) atoms. The van der Waals surface area contributed by atoms with Crippen molar-refractivity contribution in [1.29, 1.82) is 0 Å². The van der Waals surface area contributed by atoms with Crippen LogP contribution in [0.4, 0.5) is 14.6 Å². The highest BCUT2D eigenvalue weighted by Crippen LogP contribution is 2.34. The number of nitrogens with zero attached hydrogens (tertiary/aromatic N) is 2. The van der Waals surface area contributed by atoms with Crippen LogP contribution in [-0.2, 0) is 0 Å². The van der Waals surface area contributed by atoms with E-state index in [0.717, 1.165) is 18.9 Å². The molecular formula is C24H21ClF2N4O2. The molecule has 2 aliphatic rings. The molecule has 2 unspecified atom stereocenters. The highest BCUT2D eigenvalue weighted by Gasteiger charge is 2.33. The van der Waals surface area contributed by atoms with Crippen molar-refractivity contribution in [3.63, 3.8) is 0 Å². The van der Waals surface area contributed by atoms with Gasteiger partial charge in [-0.15, -0.1) is 0 Å². The van der Waals surface area contributed by atoms with Crippen molar-refractivity contribution in [2.45, 2.75) is 24.9 Å². The predicted octanol–water partition coefficient (Wildman–Crippen LogP) is 4.57. The van der Waals surface area contributed by atoms with Crippen molar-refractivity contribution in [2.75, 3.05) is 18.0 Å². The molecule has 1 aromatic heterocycles. The lowest BCUT2D eigenvalue weighted by molar-refractivity contribution is 0.424. The summed E-state index contributed by atoms with van der Waals surface area (Å²) >= 11 is 6.38. The summed E-state index contributed by atoms with van der Waals surface area (Å²) in [5.74, 6) is -1.91. The molecule has 2 fully saturated rings. The average molecular weight is 471 g/mol. The minimum Gasteiger partial charge on any atom is -0.505 e. The molecule has 2 saturated heterocycles. The minimum atomic E-state index is -0.850. The second-order valence-electron chi connectivity index (χ2n) is 8.32. The second kappa shape index (κ2) is 8.61. The van der Waals surface area contributed by atoms with Crippen LogP contribution in [0.5, 0.6) is 0 Å². The number of aromatic nitrogens is 2. The van der Waals surface area contributed by atoms with Gasteiger partial charge in [-0.3, -0.25) is 0 Å². The Morgan fingerprint density at radius 1 is 1.21 bits per heavy atom. The number of rotatable bonds is 4. The summed E-state index contributed by atoms with van der Waals surface area (Å²) in [7, 11) is 0. The number of piperazine rings is 1. The maximum absolute atomic E-state index is 15.4. The number of allylic oxidation sites excluding steroid dienone is 1. The van der Waals surface area contributed by atoms with Crippen molar-refractivity contribution >= 4 is 40.2 Å². The van der Waals surface area contributed by atoms with Gasteiger partial charge in [0.25, 0.3) is 0 Å². The van der Waals surface area contributed by atoms with Crippen LogP contribution >= 0.6 is 11.6 Å². The van der Waals surface area contributed by atoms with Crippen molar-refractivity contribution in [3.8, 4) is 0 Å². The third-order valence-electron chi connectivity index (χ3n) is 6.11. The van der Waals surface area contributed by atoms with Gasteiger partial charge in [0.1, 0.15) is 5.82 Å². The molecule has 2 atom stereocenters. The van der Waals surface area contributed by atoms with Crippen LogP contribution in [-0.4, -0.2) is 40.2 Å². The average Bonchev–Trinajstić information content (AvgIpc) is 3.16. The fourth-order valence-corrected chi connectivity index (χ4v) is 4.81. The molecule has 2 aromatic carbocycles. The third-order valence-corrected chi connectivity index (χ3v) is 6.42. The van der Waals surface area contributed by atoms with Gasteiger partial charge in [-0.05, 0) is 31.1 Å². The Hall–Kier alpha value is -3.23. The number of halogens is 3. The third kappa shape index (κ3) is 4.12. The first-order valence-electron chi connectivity index (χ1n) is 10.7. The quantitative estimate of drug-likeness (QED) is 0.384. The zero-order chi connectivity index (χ0) is 23.1. The first kappa shape index (κ1) is 21.6. The monoisotopic (exact) mass is 470 g/mol. The first-order valence-corrected chi connectivity index (χ1v) is 11.0. The van der Waals surface area contributed by atoms with Crippen LogP contribution < -0.4 is 15.9 Å². The topological polar surface area (TPSA) is 81.2 Å². The van der Waals surface area contributed by atoms with Gasteiger partial charge >= 0.3 is 5.69 Å². The Bertz CT molecular complexity index is 1330. The molecule has 0 radical (unpaired) electrons. The molecule has 5 rings (SSSR count). The van der Waals surface area contributed by atoms with E-state index in [0.29, 0.717) is 36.4 Å². The standard InChI is InChI=1S/C24H21ClF2N4O2/c25-18-10-17-22(29-24(33)30-23(17)31-11-14-6-7-15(12-31)28-14)21(27)16(18)8-9-19(32)20(26)13-4-2-1-3-5-13/h1-5,8-10,14-15,28,32H,6-7,11-12H2,(H,29,30,33)/b9-8+,20-19-.